The van der Waals surface area contributed by atoms with Crippen molar-refractivity contribution in [2.24, 2.45) is 0 Å². The van der Waals surface area contributed by atoms with Gasteiger partial charge in [-0.2, -0.15) is 0 Å². The average molecular weight is 451 g/mol. The minimum Gasteiger partial charge on any atom is -0.497 e. The molecule has 0 spiro atoms. The summed E-state index contributed by atoms with van der Waals surface area (Å²) in [7, 11) is -2.12. The minimum atomic E-state index is -3.71. The van der Waals surface area contributed by atoms with Crippen LogP contribution in [0.15, 0.2) is 83.8 Å². The van der Waals surface area contributed by atoms with Crippen LogP contribution in [0.3, 0.4) is 0 Å². The number of hydrogen-bond donors (Lipinski definition) is 0. The number of aryl methyl sites for hydroxylation is 1. The molecule has 32 heavy (non-hydrogen) atoms. The van der Waals surface area contributed by atoms with Crippen LogP contribution < -0.4 is 9.04 Å². The fraction of sp³-hybridized carbons (Fsp3) is 0.308. The molecular weight excluding hydrogens is 420 g/mol. The van der Waals surface area contributed by atoms with Crippen LogP contribution in [0.25, 0.3) is 0 Å². The van der Waals surface area contributed by atoms with Gasteiger partial charge in [-0.1, -0.05) is 54.1 Å². The van der Waals surface area contributed by atoms with E-state index < -0.39 is 10.0 Å². The normalized spacial score (nSPS) is 15.4. The molecule has 0 N–H and O–H groups in total. The van der Waals surface area contributed by atoms with E-state index in [1.807, 2.05) is 49.4 Å². The Labute approximate surface area is 191 Å². The van der Waals surface area contributed by atoms with Crippen LogP contribution in [0.2, 0.25) is 0 Å². The molecule has 0 saturated carbocycles. The zero-order chi connectivity index (χ0) is 22.6. The second-order valence-electron chi connectivity index (χ2n) is 8.31. The highest BCUT2D eigenvalue weighted by Crippen LogP contribution is 2.32. The van der Waals surface area contributed by atoms with Gasteiger partial charge in [0.1, 0.15) is 5.75 Å². The molecule has 0 bridgehead atoms. The van der Waals surface area contributed by atoms with Gasteiger partial charge in [-0.05, 0) is 49.6 Å². The van der Waals surface area contributed by atoms with Crippen LogP contribution in [-0.4, -0.2) is 39.6 Å². The predicted octanol–water partition coefficient (Wildman–Crippen LogP) is 4.86. The van der Waals surface area contributed by atoms with Crippen molar-refractivity contribution in [2.75, 3.05) is 24.5 Å². The largest absolute Gasteiger partial charge is 0.497 e. The summed E-state index contributed by atoms with van der Waals surface area (Å²) in [6, 6.07) is 24.7. The fourth-order valence-electron chi connectivity index (χ4n) is 4.27. The van der Waals surface area contributed by atoms with E-state index in [1.165, 1.54) is 5.56 Å². The molecule has 6 heteroatoms. The highest BCUT2D eigenvalue weighted by molar-refractivity contribution is 7.92. The number of anilines is 1. The number of sulfonamides is 1. The van der Waals surface area contributed by atoms with Gasteiger partial charge in [0.05, 0.1) is 17.7 Å². The first-order valence-corrected chi connectivity index (χ1v) is 12.4. The second-order valence-corrected chi connectivity index (χ2v) is 10.1. The van der Waals surface area contributed by atoms with Crippen molar-refractivity contribution >= 4 is 15.7 Å². The minimum absolute atomic E-state index is 0.111. The summed E-state index contributed by atoms with van der Waals surface area (Å²) in [5, 5.41) is 0. The van der Waals surface area contributed by atoms with Crippen LogP contribution in [0.1, 0.15) is 24.0 Å². The number of benzene rings is 3. The summed E-state index contributed by atoms with van der Waals surface area (Å²) in [6.45, 7) is 4.54. The highest BCUT2D eigenvalue weighted by Gasteiger charge is 2.34. The number of likely N-dealkylation sites (tertiary alicyclic amines) is 1. The lowest BCUT2D eigenvalue weighted by Gasteiger charge is -2.39. The first-order chi connectivity index (χ1) is 15.5. The Kier molecular flexibility index (Phi) is 6.82. The second kappa shape index (κ2) is 9.76. The van der Waals surface area contributed by atoms with Gasteiger partial charge in [-0.15, -0.1) is 0 Å². The maximum absolute atomic E-state index is 13.8. The van der Waals surface area contributed by atoms with Crippen molar-refractivity contribution in [1.82, 2.24) is 4.90 Å². The number of methoxy groups -OCH3 is 1. The summed E-state index contributed by atoms with van der Waals surface area (Å²) in [5.41, 5.74) is 2.96. The number of hydrogen-bond acceptors (Lipinski definition) is 4. The molecule has 0 unspecified atom stereocenters. The summed E-state index contributed by atoms with van der Waals surface area (Å²) in [6.07, 6.45) is 1.55. The van der Waals surface area contributed by atoms with Crippen molar-refractivity contribution < 1.29 is 13.2 Å². The molecule has 3 aromatic carbocycles. The van der Waals surface area contributed by atoms with Crippen LogP contribution >= 0.6 is 0 Å². The Morgan fingerprint density at radius 1 is 0.938 bits per heavy atom. The van der Waals surface area contributed by atoms with Gasteiger partial charge in [0.2, 0.25) is 0 Å². The first-order valence-electron chi connectivity index (χ1n) is 11.0. The topological polar surface area (TPSA) is 49.9 Å². The number of piperidine rings is 1. The van der Waals surface area contributed by atoms with E-state index in [1.54, 1.807) is 23.5 Å². The Bertz CT molecular complexity index is 1120. The Balaban J connectivity index is 1.60. The molecule has 1 aliphatic rings. The molecule has 168 valence electrons. The highest BCUT2D eigenvalue weighted by atomic mass is 32.2. The predicted molar refractivity (Wildman–Crippen MR) is 129 cm³/mol. The van der Waals surface area contributed by atoms with E-state index in [9.17, 15) is 8.42 Å². The van der Waals surface area contributed by atoms with Gasteiger partial charge in [0, 0.05) is 31.7 Å². The van der Waals surface area contributed by atoms with E-state index in [4.69, 9.17) is 4.74 Å². The van der Waals surface area contributed by atoms with Crippen molar-refractivity contribution in [2.45, 2.75) is 37.2 Å². The van der Waals surface area contributed by atoms with E-state index >= 15 is 0 Å². The number of nitrogens with zero attached hydrogens (tertiary/aromatic N) is 2. The third-order valence-electron chi connectivity index (χ3n) is 6.02. The standard InChI is InChI=1S/C26H30N2O3S/c1-21-11-13-26(14-12-21)32(29,30)28(24-9-6-10-25(19-24)31-2)23-15-17-27(18-16-23)20-22-7-4-3-5-8-22/h3-14,19,23H,15-18,20H2,1-2H3. The van der Waals surface area contributed by atoms with Crippen molar-refractivity contribution in [3.8, 4) is 5.75 Å². The molecule has 1 fully saturated rings. The van der Waals surface area contributed by atoms with Crippen LogP contribution in [-0.2, 0) is 16.6 Å². The van der Waals surface area contributed by atoms with Gasteiger partial charge in [0.15, 0.2) is 0 Å². The molecule has 0 radical (unpaired) electrons. The maximum Gasteiger partial charge on any atom is 0.264 e. The van der Waals surface area contributed by atoms with Crippen LogP contribution in [0.4, 0.5) is 5.69 Å². The Morgan fingerprint density at radius 3 is 2.28 bits per heavy atom. The average Bonchev–Trinajstić information content (AvgIpc) is 2.81. The van der Waals surface area contributed by atoms with E-state index in [-0.39, 0.29) is 6.04 Å². The zero-order valence-corrected chi connectivity index (χ0v) is 19.5. The molecule has 4 rings (SSSR count). The molecule has 0 aromatic heterocycles. The van der Waals surface area contributed by atoms with Crippen molar-refractivity contribution in [1.29, 1.82) is 0 Å². The summed E-state index contributed by atoms with van der Waals surface area (Å²) >= 11 is 0. The van der Waals surface area contributed by atoms with Crippen LogP contribution in [0, 0.1) is 6.92 Å². The molecule has 0 amide bonds. The maximum atomic E-state index is 13.8. The monoisotopic (exact) mass is 450 g/mol. The third-order valence-corrected chi connectivity index (χ3v) is 7.92. The van der Waals surface area contributed by atoms with Gasteiger partial charge < -0.3 is 4.74 Å². The SMILES string of the molecule is COc1cccc(N(C2CCN(Cc3ccccc3)CC2)S(=O)(=O)c2ccc(C)cc2)c1. The summed E-state index contributed by atoms with van der Waals surface area (Å²) < 4.78 is 34.6. The van der Waals surface area contributed by atoms with E-state index in [0.29, 0.717) is 16.3 Å². The Hall–Kier alpha value is -2.83. The lowest BCUT2D eigenvalue weighted by Crippen LogP contribution is -2.47. The first kappa shape index (κ1) is 22.4. The molecule has 3 aromatic rings. The van der Waals surface area contributed by atoms with E-state index in [2.05, 4.69) is 29.2 Å². The van der Waals surface area contributed by atoms with Crippen molar-refractivity contribution in [3.63, 3.8) is 0 Å². The molecular formula is C26H30N2O3S. The lowest BCUT2D eigenvalue weighted by atomic mass is 10.0. The Morgan fingerprint density at radius 2 is 1.62 bits per heavy atom. The zero-order valence-electron chi connectivity index (χ0n) is 18.6. The summed E-state index contributed by atoms with van der Waals surface area (Å²) in [4.78, 5) is 2.71. The third kappa shape index (κ3) is 4.97. The van der Waals surface area contributed by atoms with Gasteiger partial charge in [0.25, 0.3) is 10.0 Å². The van der Waals surface area contributed by atoms with Crippen LogP contribution in [0.5, 0.6) is 5.75 Å². The van der Waals surface area contributed by atoms with Gasteiger partial charge >= 0.3 is 0 Å². The van der Waals surface area contributed by atoms with Gasteiger partial charge in [-0.3, -0.25) is 9.21 Å². The van der Waals surface area contributed by atoms with Crippen molar-refractivity contribution in [3.05, 3.63) is 90.0 Å². The number of ether oxygens (including phenoxy) is 1. The van der Waals surface area contributed by atoms with E-state index in [0.717, 1.165) is 38.0 Å². The number of rotatable bonds is 7. The molecule has 1 saturated heterocycles. The molecule has 0 aliphatic carbocycles. The quantitative estimate of drug-likeness (QED) is 0.516. The smallest absolute Gasteiger partial charge is 0.264 e. The summed E-state index contributed by atoms with van der Waals surface area (Å²) in [5.74, 6) is 0.646. The molecule has 1 heterocycles. The molecule has 1 aliphatic heterocycles. The van der Waals surface area contributed by atoms with Gasteiger partial charge in [-0.25, -0.2) is 8.42 Å². The fourth-order valence-corrected chi connectivity index (χ4v) is 5.97. The molecule has 0 atom stereocenters. The lowest BCUT2D eigenvalue weighted by molar-refractivity contribution is 0.206. The molecule has 5 nitrogen and oxygen atoms in total.